The highest BCUT2D eigenvalue weighted by molar-refractivity contribution is 7.92. The van der Waals surface area contributed by atoms with E-state index in [1.54, 1.807) is 6.92 Å². The van der Waals surface area contributed by atoms with Crippen LogP contribution in [0.5, 0.6) is 0 Å². The minimum Gasteiger partial charge on any atom is -0.390 e. The second kappa shape index (κ2) is 9.21. The lowest BCUT2D eigenvalue weighted by Gasteiger charge is -2.56. The van der Waals surface area contributed by atoms with Gasteiger partial charge in [-0.1, -0.05) is 24.9 Å². The Bertz CT molecular complexity index is 1220. The van der Waals surface area contributed by atoms with E-state index in [0.717, 1.165) is 31.4 Å². The highest BCUT2D eigenvalue weighted by atomic mass is 35.5. The molecule has 3 aliphatic carbocycles. The van der Waals surface area contributed by atoms with Gasteiger partial charge in [-0.2, -0.15) is 0 Å². The molecule has 2 atom stereocenters. The Morgan fingerprint density at radius 2 is 1.82 bits per heavy atom. The van der Waals surface area contributed by atoms with Crippen LogP contribution in [0.3, 0.4) is 0 Å². The molecule has 0 aromatic heterocycles. The summed E-state index contributed by atoms with van der Waals surface area (Å²) in [5.41, 5.74) is -0.0660. The number of sulfone groups is 1. The van der Waals surface area contributed by atoms with Crippen molar-refractivity contribution in [1.82, 2.24) is 0 Å². The normalized spacial score (nSPS) is 26.1. The number of unbranched alkanes of at least 4 members (excludes halogenated alkanes) is 1. The molecule has 2 aromatic rings. The average molecular weight is 512 g/mol. The second-order valence-corrected chi connectivity index (χ2v) is 12.2. The highest BCUT2D eigenvalue weighted by Gasteiger charge is 2.57. The fourth-order valence-electron chi connectivity index (χ4n) is 5.20. The Hall–Kier alpha value is -2.03. The van der Waals surface area contributed by atoms with Gasteiger partial charge in [0.15, 0.2) is 21.5 Å². The molecule has 1 amide bonds. The van der Waals surface area contributed by atoms with Gasteiger partial charge >= 0.3 is 0 Å². The molecular formula is C25H28ClF2NO4S. The molecule has 5 nitrogen and oxygen atoms in total. The van der Waals surface area contributed by atoms with Gasteiger partial charge < -0.3 is 10.4 Å². The van der Waals surface area contributed by atoms with Crippen molar-refractivity contribution in [3.63, 3.8) is 0 Å². The summed E-state index contributed by atoms with van der Waals surface area (Å²) in [6.07, 6.45) is 3.62. The van der Waals surface area contributed by atoms with E-state index in [0.29, 0.717) is 24.8 Å². The predicted octanol–water partition coefficient (Wildman–Crippen LogP) is 5.54. The van der Waals surface area contributed by atoms with Crippen molar-refractivity contribution in [3.05, 3.63) is 58.1 Å². The van der Waals surface area contributed by atoms with Crippen LogP contribution in [0, 0.1) is 23.5 Å². The van der Waals surface area contributed by atoms with Crippen molar-refractivity contribution in [3.8, 4) is 0 Å². The molecule has 0 heterocycles. The van der Waals surface area contributed by atoms with Crippen molar-refractivity contribution in [2.45, 2.75) is 68.1 Å². The fourth-order valence-corrected chi connectivity index (χ4v) is 7.65. The van der Waals surface area contributed by atoms with E-state index in [2.05, 4.69) is 5.32 Å². The van der Waals surface area contributed by atoms with E-state index >= 15 is 0 Å². The molecule has 34 heavy (non-hydrogen) atoms. The number of benzene rings is 2. The number of hydrogen-bond donors (Lipinski definition) is 2. The average Bonchev–Trinajstić information content (AvgIpc) is 2.79. The number of aliphatic hydroxyl groups is 1. The summed E-state index contributed by atoms with van der Waals surface area (Å²) in [6, 6.07) is 5.83. The molecule has 0 spiro atoms. The van der Waals surface area contributed by atoms with Gasteiger partial charge in [0, 0.05) is 17.3 Å². The van der Waals surface area contributed by atoms with Crippen molar-refractivity contribution in [2.75, 3.05) is 5.32 Å². The zero-order chi connectivity index (χ0) is 24.8. The van der Waals surface area contributed by atoms with Crippen molar-refractivity contribution < 1.29 is 27.1 Å². The first-order valence-corrected chi connectivity index (χ1v) is 13.4. The zero-order valence-corrected chi connectivity index (χ0v) is 20.6. The van der Waals surface area contributed by atoms with Gasteiger partial charge in [-0.15, -0.1) is 0 Å². The van der Waals surface area contributed by atoms with Gasteiger partial charge in [0.2, 0.25) is 0 Å². The number of amides is 1. The van der Waals surface area contributed by atoms with Gasteiger partial charge in [0.1, 0.15) is 0 Å². The molecular weight excluding hydrogens is 484 g/mol. The van der Waals surface area contributed by atoms with Gasteiger partial charge in [-0.3, -0.25) is 4.79 Å². The van der Waals surface area contributed by atoms with Crippen LogP contribution in [0.1, 0.15) is 61.9 Å². The molecule has 9 heteroatoms. The Balaban J connectivity index is 1.68. The largest absolute Gasteiger partial charge is 0.390 e. The lowest BCUT2D eigenvalue weighted by atomic mass is 9.54. The number of anilines is 1. The van der Waals surface area contributed by atoms with Crippen molar-refractivity contribution in [1.29, 1.82) is 0 Å². The molecule has 0 saturated heterocycles. The van der Waals surface area contributed by atoms with Crippen LogP contribution in [-0.2, 0) is 16.3 Å². The van der Waals surface area contributed by atoms with Gasteiger partial charge in [0.05, 0.1) is 20.8 Å². The molecule has 3 saturated carbocycles. The zero-order valence-electron chi connectivity index (χ0n) is 19.1. The van der Waals surface area contributed by atoms with Gasteiger partial charge in [-0.25, -0.2) is 17.2 Å². The van der Waals surface area contributed by atoms with E-state index < -0.39 is 38.2 Å². The summed E-state index contributed by atoms with van der Waals surface area (Å²) in [5, 5.41) is 12.4. The Labute approximate surface area is 203 Å². The topological polar surface area (TPSA) is 83.5 Å². The molecule has 3 aliphatic rings. The first-order chi connectivity index (χ1) is 15.9. The summed E-state index contributed by atoms with van der Waals surface area (Å²) in [6.45, 7) is 3.75. The first kappa shape index (κ1) is 25.1. The van der Waals surface area contributed by atoms with Gasteiger partial charge in [-0.05, 0) is 80.7 Å². The number of halogens is 3. The minimum atomic E-state index is -3.86. The Morgan fingerprint density at radius 3 is 2.41 bits per heavy atom. The Morgan fingerprint density at radius 1 is 1.15 bits per heavy atom. The number of fused-ring (bicyclic) bond motifs is 2. The quantitative estimate of drug-likeness (QED) is 0.511. The molecule has 0 radical (unpaired) electrons. The molecule has 2 bridgehead atoms. The fraction of sp³-hybridized carbons (Fsp3) is 0.480. The van der Waals surface area contributed by atoms with Crippen LogP contribution in [0.15, 0.2) is 35.2 Å². The number of aryl methyl sites for hydroxylation is 1. The van der Waals surface area contributed by atoms with E-state index in [1.807, 2.05) is 6.92 Å². The maximum atomic E-state index is 13.6. The molecule has 2 aromatic carbocycles. The standard InChI is InChI=1S/C25H28ClF2NO4S/c1-3-4-5-14-8-20(26)23(34(32,33)18-10-15-9-16(11-18)25(15,2)31)13-19(14)24(30)29-17-6-7-21(27)22(28)12-17/h6-8,12-13,15-16,18,31H,3-5,9-11H2,1-2H3,(H,29,30). The molecule has 184 valence electrons. The third-order valence-electron chi connectivity index (χ3n) is 7.44. The first-order valence-electron chi connectivity index (χ1n) is 11.5. The van der Waals surface area contributed by atoms with Gasteiger partial charge in [0.25, 0.3) is 5.91 Å². The van der Waals surface area contributed by atoms with Crippen LogP contribution in [0.25, 0.3) is 0 Å². The van der Waals surface area contributed by atoms with Crippen LogP contribution >= 0.6 is 11.6 Å². The minimum absolute atomic E-state index is 0.0549. The van der Waals surface area contributed by atoms with E-state index in [4.69, 9.17) is 11.6 Å². The molecule has 2 N–H and O–H groups in total. The van der Waals surface area contributed by atoms with Crippen LogP contribution in [-0.4, -0.2) is 30.3 Å². The lowest BCUT2D eigenvalue weighted by molar-refractivity contribution is -0.162. The number of carbonyl (C=O) groups is 1. The van der Waals surface area contributed by atoms with E-state index in [9.17, 15) is 27.1 Å². The summed E-state index contributed by atoms with van der Waals surface area (Å²) in [4.78, 5) is 13.0. The monoisotopic (exact) mass is 511 g/mol. The third kappa shape index (κ3) is 4.48. The Kier molecular flexibility index (Phi) is 6.79. The van der Waals surface area contributed by atoms with Crippen LogP contribution in [0.4, 0.5) is 14.5 Å². The summed E-state index contributed by atoms with van der Waals surface area (Å²) < 4.78 is 53.9. The molecule has 0 aliphatic heterocycles. The summed E-state index contributed by atoms with van der Waals surface area (Å²) >= 11 is 6.44. The number of nitrogens with one attached hydrogen (secondary N) is 1. The maximum Gasteiger partial charge on any atom is 0.255 e. The molecule has 5 rings (SSSR count). The molecule has 3 fully saturated rings. The van der Waals surface area contributed by atoms with Crippen molar-refractivity contribution in [2.24, 2.45) is 11.8 Å². The maximum absolute atomic E-state index is 13.6. The lowest BCUT2D eigenvalue weighted by Crippen LogP contribution is -2.60. The van der Waals surface area contributed by atoms with Crippen molar-refractivity contribution >= 4 is 33.0 Å². The second-order valence-electron chi connectivity index (χ2n) is 9.62. The third-order valence-corrected chi connectivity index (χ3v) is 10.1. The smallest absolute Gasteiger partial charge is 0.255 e. The summed E-state index contributed by atoms with van der Waals surface area (Å²) in [5.74, 6) is -2.92. The van der Waals surface area contributed by atoms with E-state index in [-0.39, 0.29) is 33.0 Å². The summed E-state index contributed by atoms with van der Waals surface area (Å²) in [7, 11) is -3.86. The molecule has 2 unspecified atom stereocenters. The number of hydrogen-bond acceptors (Lipinski definition) is 4. The van der Waals surface area contributed by atoms with Crippen LogP contribution < -0.4 is 5.32 Å². The van der Waals surface area contributed by atoms with Crippen LogP contribution in [0.2, 0.25) is 5.02 Å². The number of carbonyl (C=O) groups excluding carboxylic acids is 1. The van der Waals surface area contributed by atoms with E-state index in [1.165, 1.54) is 18.2 Å². The highest BCUT2D eigenvalue weighted by Crippen LogP contribution is 2.55. The predicted molar refractivity (Wildman–Crippen MR) is 127 cm³/mol. The number of rotatable bonds is 7. The SMILES string of the molecule is CCCCc1cc(Cl)c(S(=O)(=O)C2CC3CC(C2)C3(C)O)cc1C(=O)Nc1ccc(F)c(F)c1.